The van der Waals surface area contributed by atoms with Crippen LogP contribution in [0, 0.1) is 0 Å². The quantitative estimate of drug-likeness (QED) is 0.581. The van der Waals surface area contributed by atoms with Gasteiger partial charge in [0.15, 0.2) is 0 Å². The molecule has 0 saturated carbocycles. The van der Waals surface area contributed by atoms with Crippen LogP contribution in [0.3, 0.4) is 0 Å². The molecule has 0 unspecified atom stereocenters. The molecule has 0 rings (SSSR count). The molecule has 0 aromatic rings. The van der Waals surface area contributed by atoms with Gasteiger partial charge in [-0.3, -0.25) is 4.79 Å². The molecule has 0 atom stereocenters. The molecule has 0 bridgehead atoms. The predicted octanol–water partition coefficient (Wildman–Crippen LogP) is 1.84. The van der Waals surface area contributed by atoms with Crippen LogP contribution in [0.25, 0.3) is 0 Å². The fraction of sp³-hybridized carbons (Fsp3) is 0.800. The van der Waals surface area contributed by atoms with Gasteiger partial charge < -0.3 is 5.11 Å². The summed E-state index contributed by atoms with van der Waals surface area (Å²) in [5.74, 6) is -0.833. The molecule has 0 radical (unpaired) electrons. The molecule has 3 heteroatoms. The minimum absolute atomic E-state index is 0.188. The Morgan fingerprint density at radius 3 is 1.38 bits per heavy atom. The first-order valence-electron chi connectivity index (χ1n) is 2.27. The number of rotatable bonds is 0. The molecule has 1 N–H and O–H groups in total. The summed E-state index contributed by atoms with van der Waals surface area (Å²) in [6.45, 7) is 1.08. The van der Waals surface area contributed by atoms with Crippen molar-refractivity contribution in [3.63, 3.8) is 0 Å². The summed E-state index contributed by atoms with van der Waals surface area (Å²) in [6, 6.07) is 0. The SMILES string of the molecule is CC(=O)O.[CH3][V]([CH3])[CH3]. The average molecular weight is 156 g/mol. The summed E-state index contributed by atoms with van der Waals surface area (Å²) in [5, 5.41) is 7.42. The second kappa shape index (κ2) is 7.05. The molecule has 0 aliphatic rings. The van der Waals surface area contributed by atoms with E-state index in [1.165, 1.54) is 0 Å². The number of hydrogen-bond donors (Lipinski definition) is 1. The number of carboxylic acid groups (broad SMARTS) is 1. The van der Waals surface area contributed by atoms with Crippen molar-refractivity contribution in [1.82, 2.24) is 0 Å². The summed E-state index contributed by atoms with van der Waals surface area (Å²) in [7, 11) is 0. The van der Waals surface area contributed by atoms with Crippen molar-refractivity contribution in [3.05, 3.63) is 0 Å². The number of carbonyl (C=O) groups is 1. The molecule has 0 aromatic carbocycles. The number of aliphatic carboxylic acids is 1. The monoisotopic (exact) mass is 156 g/mol. The Bertz CT molecular complexity index is 54.7. The fourth-order valence-corrected chi connectivity index (χ4v) is 0. The van der Waals surface area contributed by atoms with E-state index in [9.17, 15) is 0 Å². The van der Waals surface area contributed by atoms with Crippen molar-refractivity contribution < 1.29 is 25.1 Å². The van der Waals surface area contributed by atoms with Gasteiger partial charge in [-0.2, -0.15) is 0 Å². The van der Waals surface area contributed by atoms with Crippen molar-refractivity contribution in [1.29, 1.82) is 0 Å². The Hall–Kier alpha value is 0.0544. The third-order valence-electron chi connectivity index (χ3n) is 0. The van der Waals surface area contributed by atoms with Gasteiger partial charge in [-0.15, -0.1) is 0 Å². The van der Waals surface area contributed by atoms with E-state index >= 15 is 0 Å². The Morgan fingerprint density at radius 1 is 1.38 bits per heavy atom. The van der Waals surface area contributed by atoms with Gasteiger partial charge in [0.05, 0.1) is 0 Å². The van der Waals surface area contributed by atoms with E-state index in [-0.39, 0.29) is 15.2 Å². The molecule has 50 valence electrons. The molecule has 0 heterocycles. The topological polar surface area (TPSA) is 37.3 Å². The second-order valence-electron chi connectivity index (χ2n) is 1.86. The fourth-order valence-electron chi connectivity index (χ4n) is 0. The number of carboxylic acids is 1. The van der Waals surface area contributed by atoms with Crippen molar-refractivity contribution in [2.75, 3.05) is 0 Å². The molecule has 0 spiro atoms. The van der Waals surface area contributed by atoms with Gasteiger partial charge >= 0.3 is 32.1 Å². The van der Waals surface area contributed by atoms with Gasteiger partial charge in [-0.1, -0.05) is 0 Å². The molecule has 0 fully saturated rings. The Balaban J connectivity index is 0. The van der Waals surface area contributed by atoms with Crippen LogP contribution in [0.5, 0.6) is 0 Å². The maximum atomic E-state index is 9.00. The Labute approximate surface area is 55.4 Å². The van der Waals surface area contributed by atoms with Crippen LogP contribution in [0.1, 0.15) is 6.92 Å². The average Bonchev–Trinajstić information content (AvgIpc) is 1.25. The second-order valence-corrected chi connectivity index (χ2v) is 6.05. The van der Waals surface area contributed by atoms with Crippen molar-refractivity contribution >= 4 is 5.97 Å². The van der Waals surface area contributed by atoms with Crippen molar-refractivity contribution in [2.24, 2.45) is 0 Å². The predicted molar refractivity (Wildman–Crippen MR) is 30.9 cm³/mol. The zero-order chi connectivity index (χ0) is 7.15. The van der Waals surface area contributed by atoms with Gasteiger partial charge in [0, 0.05) is 6.92 Å². The Morgan fingerprint density at radius 2 is 1.38 bits per heavy atom. The van der Waals surface area contributed by atoms with Crippen LogP contribution in [0.4, 0.5) is 0 Å². The third-order valence-corrected chi connectivity index (χ3v) is 0. The van der Waals surface area contributed by atoms with Crippen LogP contribution in [-0.2, 0) is 20.0 Å². The standard InChI is InChI=1S/C2H4O2.3CH3.V/c1-2(3)4;;;;/h1H3,(H,3,4);3*1H3;. The molecule has 0 saturated heterocycles. The molecule has 0 amide bonds. The first-order valence-corrected chi connectivity index (χ1v) is 6.46. The molecular weight excluding hydrogens is 143 g/mol. The van der Waals surface area contributed by atoms with Crippen LogP contribution >= 0.6 is 0 Å². The van der Waals surface area contributed by atoms with Crippen LogP contribution < -0.4 is 0 Å². The van der Waals surface area contributed by atoms with E-state index in [0.717, 1.165) is 6.92 Å². The van der Waals surface area contributed by atoms with E-state index in [2.05, 4.69) is 16.9 Å². The summed E-state index contributed by atoms with van der Waals surface area (Å²) in [4.78, 5) is 9.00. The zero-order valence-corrected chi connectivity index (χ0v) is 7.20. The summed E-state index contributed by atoms with van der Waals surface area (Å²) in [6.07, 6.45) is 0. The first-order chi connectivity index (χ1) is 3.46. The normalized spacial score (nSPS) is 7.62. The van der Waals surface area contributed by atoms with Gasteiger partial charge in [0.2, 0.25) is 0 Å². The van der Waals surface area contributed by atoms with Gasteiger partial charge in [0.1, 0.15) is 0 Å². The van der Waals surface area contributed by atoms with Crippen molar-refractivity contribution in [3.8, 4) is 0 Å². The molecule has 0 aromatic heterocycles. The van der Waals surface area contributed by atoms with Crippen LogP contribution in [-0.4, -0.2) is 11.1 Å². The Kier molecular flexibility index (Phi) is 9.64. The third kappa shape index (κ3) is 52200. The van der Waals surface area contributed by atoms with Crippen molar-refractivity contribution in [2.45, 2.75) is 23.8 Å². The van der Waals surface area contributed by atoms with Gasteiger partial charge in [-0.05, 0) is 0 Å². The summed E-state index contributed by atoms with van der Waals surface area (Å²) >= 11 is -0.188. The van der Waals surface area contributed by atoms with E-state index in [4.69, 9.17) is 9.90 Å². The molecule has 0 aliphatic carbocycles. The van der Waals surface area contributed by atoms with E-state index < -0.39 is 5.97 Å². The molecular formula is C5H13O2V. The first kappa shape index (κ1) is 10.9. The maximum absolute atomic E-state index is 9.00. The molecule has 0 aliphatic heterocycles. The molecule has 8 heavy (non-hydrogen) atoms. The summed E-state index contributed by atoms with van der Waals surface area (Å²) in [5.41, 5.74) is 6.94. The van der Waals surface area contributed by atoms with E-state index in [1.807, 2.05) is 0 Å². The van der Waals surface area contributed by atoms with Gasteiger partial charge in [0.25, 0.3) is 5.97 Å². The van der Waals surface area contributed by atoms with E-state index in [1.54, 1.807) is 0 Å². The number of hydrogen-bond acceptors (Lipinski definition) is 1. The summed E-state index contributed by atoms with van der Waals surface area (Å²) < 4.78 is 0. The van der Waals surface area contributed by atoms with Crippen LogP contribution in [0.15, 0.2) is 0 Å². The van der Waals surface area contributed by atoms with Crippen LogP contribution in [0.2, 0.25) is 16.9 Å². The zero-order valence-electron chi connectivity index (χ0n) is 5.80. The minimum atomic E-state index is -0.833. The van der Waals surface area contributed by atoms with Gasteiger partial charge in [-0.25, -0.2) is 0 Å². The molecule has 2 nitrogen and oxygen atoms in total. The van der Waals surface area contributed by atoms with E-state index in [0.29, 0.717) is 0 Å².